The van der Waals surface area contributed by atoms with Crippen molar-refractivity contribution in [3.63, 3.8) is 0 Å². The van der Waals surface area contributed by atoms with Gasteiger partial charge in [0.2, 0.25) is 0 Å². The van der Waals surface area contributed by atoms with E-state index in [0.29, 0.717) is 0 Å². The fourth-order valence-corrected chi connectivity index (χ4v) is 8.59. The van der Waals surface area contributed by atoms with E-state index in [2.05, 4.69) is 214 Å². The number of hydrogen-bond acceptors (Lipinski definition) is 1. The van der Waals surface area contributed by atoms with E-state index in [4.69, 9.17) is 0 Å². The summed E-state index contributed by atoms with van der Waals surface area (Å²) in [6.45, 7) is 36.5. The molecule has 6 aromatic rings. The van der Waals surface area contributed by atoms with Crippen molar-refractivity contribution in [2.75, 3.05) is 0 Å². The Labute approximate surface area is 351 Å². The van der Waals surface area contributed by atoms with Crippen molar-refractivity contribution in [1.82, 2.24) is 0 Å². The summed E-state index contributed by atoms with van der Waals surface area (Å²) in [5.41, 5.74) is 23.3. The number of aliphatic hydroxyl groups is 1. The average Bonchev–Trinajstić information content (AvgIpc) is 3.16. The van der Waals surface area contributed by atoms with Crippen molar-refractivity contribution in [3.8, 4) is 44.5 Å². The lowest BCUT2D eigenvalue weighted by atomic mass is 9.72. The SMILES string of the molecule is Cc1cc(C)c(C)c(-c2cc(C(C)(C)c3cc(-c4ccc(C(C)(C)C)cc4)c(CO)c(-c4ccc(C(C)(C)C)cc4)c3)cc(-c3ccc(C(C)(C)C)cc3)c2C)c1C. The number of benzene rings is 6. The number of aryl methyl sites for hydroxylation is 2. The molecule has 0 radical (unpaired) electrons. The van der Waals surface area contributed by atoms with Gasteiger partial charge >= 0.3 is 0 Å². The van der Waals surface area contributed by atoms with Crippen molar-refractivity contribution in [2.24, 2.45) is 0 Å². The first kappa shape index (κ1) is 42.9. The summed E-state index contributed by atoms with van der Waals surface area (Å²) in [7, 11) is 0. The number of rotatable bonds is 7. The predicted octanol–water partition coefficient (Wildman–Crippen LogP) is 15.6. The molecular weight excluding hydrogens is 701 g/mol. The highest BCUT2D eigenvalue weighted by molar-refractivity contribution is 5.85. The van der Waals surface area contributed by atoms with E-state index in [9.17, 15) is 5.11 Å². The molecule has 302 valence electrons. The maximum absolute atomic E-state index is 11.2. The fourth-order valence-electron chi connectivity index (χ4n) is 8.59. The van der Waals surface area contributed by atoms with Crippen LogP contribution in [0.25, 0.3) is 44.5 Å². The van der Waals surface area contributed by atoms with Crippen molar-refractivity contribution in [2.45, 2.75) is 139 Å². The second kappa shape index (κ2) is 15.5. The van der Waals surface area contributed by atoms with E-state index in [1.165, 1.54) is 77.9 Å². The van der Waals surface area contributed by atoms with Crippen LogP contribution >= 0.6 is 0 Å². The molecule has 0 saturated carbocycles. The van der Waals surface area contributed by atoms with E-state index in [-0.39, 0.29) is 22.9 Å². The lowest BCUT2D eigenvalue weighted by Crippen LogP contribution is -2.20. The Kier molecular flexibility index (Phi) is 11.4. The van der Waals surface area contributed by atoms with Crippen LogP contribution in [0.3, 0.4) is 0 Å². The molecule has 0 aliphatic rings. The first-order valence-corrected chi connectivity index (χ1v) is 21.3. The van der Waals surface area contributed by atoms with Crippen molar-refractivity contribution < 1.29 is 5.11 Å². The average molecular weight is 769 g/mol. The predicted molar refractivity (Wildman–Crippen MR) is 252 cm³/mol. The maximum atomic E-state index is 11.2. The zero-order valence-corrected chi connectivity index (χ0v) is 38.5. The standard InChI is InChI=1S/C57H68O/c1-35-29-36(2)38(4)53(37(35)3)49-31-46(30-48(39(49)5)40-17-23-43(24-18-40)54(6,7)8)57(15,16)47-32-50(41-19-25-44(26-20-41)55(9,10)11)52(34-58)51(33-47)42-21-27-45(28-22-42)56(12,13)14/h17-33,58H,34H2,1-16H3. The molecule has 0 fully saturated rings. The lowest BCUT2D eigenvalue weighted by molar-refractivity contribution is 0.283. The quantitative estimate of drug-likeness (QED) is 0.171. The van der Waals surface area contributed by atoms with Crippen LogP contribution in [0.5, 0.6) is 0 Å². The minimum atomic E-state index is -0.405. The second-order valence-corrected chi connectivity index (χ2v) is 20.6. The van der Waals surface area contributed by atoms with Gasteiger partial charge in [-0.3, -0.25) is 0 Å². The van der Waals surface area contributed by atoms with Crippen LogP contribution in [-0.4, -0.2) is 5.11 Å². The van der Waals surface area contributed by atoms with Crippen LogP contribution in [0.4, 0.5) is 0 Å². The highest BCUT2D eigenvalue weighted by Gasteiger charge is 2.30. The summed E-state index contributed by atoms with van der Waals surface area (Å²) in [5, 5.41) is 11.2. The largest absolute Gasteiger partial charge is 0.392 e. The topological polar surface area (TPSA) is 20.2 Å². The van der Waals surface area contributed by atoms with Gasteiger partial charge in [0.25, 0.3) is 0 Å². The smallest absolute Gasteiger partial charge is 0.0693 e. The van der Waals surface area contributed by atoms with Gasteiger partial charge in [0.15, 0.2) is 0 Å². The van der Waals surface area contributed by atoms with E-state index >= 15 is 0 Å². The van der Waals surface area contributed by atoms with Gasteiger partial charge in [0.1, 0.15) is 0 Å². The molecule has 1 nitrogen and oxygen atoms in total. The minimum Gasteiger partial charge on any atom is -0.392 e. The third kappa shape index (κ3) is 8.26. The Balaban J connectivity index is 1.66. The van der Waals surface area contributed by atoms with Crippen LogP contribution in [-0.2, 0) is 28.3 Å². The van der Waals surface area contributed by atoms with E-state index in [1.807, 2.05) is 0 Å². The normalized spacial score (nSPS) is 12.6. The summed E-state index contributed by atoms with van der Waals surface area (Å²) >= 11 is 0. The molecule has 0 aliphatic carbocycles. The van der Waals surface area contributed by atoms with Crippen LogP contribution in [0.1, 0.15) is 137 Å². The fraction of sp³-hybridized carbons (Fsp3) is 0.368. The summed E-state index contributed by atoms with van der Waals surface area (Å²) in [4.78, 5) is 0. The zero-order valence-electron chi connectivity index (χ0n) is 38.5. The Morgan fingerprint density at radius 3 is 1.00 bits per heavy atom. The number of hydrogen-bond donors (Lipinski definition) is 1. The maximum Gasteiger partial charge on any atom is 0.0693 e. The molecule has 6 aromatic carbocycles. The van der Waals surface area contributed by atoms with Gasteiger partial charge in [-0.25, -0.2) is 0 Å². The van der Waals surface area contributed by atoms with E-state index in [1.54, 1.807) is 0 Å². The van der Waals surface area contributed by atoms with E-state index < -0.39 is 5.41 Å². The molecule has 1 heteroatoms. The Morgan fingerprint density at radius 2 is 0.672 bits per heavy atom. The van der Waals surface area contributed by atoms with Gasteiger partial charge in [-0.1, -0.05) is 155 Å². The Bertz CT molecular complexity index is 2340. The van der Waals surface area contributed by atoms with Gasteiger partial charge in [-0.15, -0.1) is 0 Å². The first-order chi connectivity index (χ1) is 26.9. The Hall–Kier alpha value is -4.72. The van der Waals surface area contributed by atoms with Crippen LogP contribution < -0.4 is 0 Å². The summed E-state index contributed by atoms with van der Waals surface area (Å²) in [6.07, 6.45) is 0. The third-order valence-corrected chi connectivity index (χ3v) is 13.1. The molecule has 0 atom stereocenters. The molecular formula is C57H68O. The van der Waals surface area contributed by atoms with Crippen molar-refractivity contribution >= 4 is 0 Å². The van der Waals surface area contributed by atoms with Crippen LogP contribution in [0.2, 0.25) is 0 Å². The highest BCUT2D eigenvalue weighted by atomic mass is 16.3. The molecule has 6 rings (SSSR count). The van der Waals surface area contributed by atoms with Gasteiger partial charge in [-0.2, -0.15) is 0 Å². The van der Waals surface area contributed by atoms with Gasteiger partial charge < -0.3 is 5.11 Å². The summed E-state index contributed by atoms with van der Waals surface area (Å²) in [6, 6.07) is 39.2. The second-order valence-electron chi connectivity index (χ2n) is 20.6. The Morgan fingerprint density at radius 1 is 0.362 bits per heavy atom. The van der Waals surface area contributed by atoms with Gasteiger partial charge in [0.05, 0.1) is 6.61 Å². The van der Waals surface area contributed by atoms with Crippen LogP contribution in [0, 0.1) is 34.6 Å². The van der Waals surface area contributed by atoms with Crippen molar-refractivity contribution in [3.05, 3.63) is 164 Å². The highest BCUT2D eigenvalue weighted by Crippen LogP contribution is 2.46. The molecule has 0 bridgehead atoms. The zero-order chi connectivity index (χ0) is 42.7. The van der Waals surface area contributed by atoms with Crippen molar-refractivity contribution in [1.29, 1.82) is 0 Å². The molecule has 0 saturated heterocycles. The minimum absolute atomic E-state index is 0.0442. The van der Waals surface area contributed by atoms with E-state index in [0.717, 1.165) is 27.8 Å². The summed E-state index contributed by atoms with van der Waals surface area (Å²) < 4.78 is 0. The molecule has 0 unspecified atom stereocenters. The monoisotopic (exact) mass is 769 g/mol. The first-order valence-electron chi connectivity index (χ1n) is 21.3. The van der Waals surface area contributed by atoms with Crippen LogP contribution in [0.15, 0.2) is 103 Å². The molecule has 0 aliphatic heterocycles. The summed E-state index contributed by atoms with van der Waals surface area (Å²) in [5.74, 6) is 0. The molecule has 0 spiro atoms. The third-order valence-electron chi connectivity index (χ3n) is 13.1. The molecule has 0 amide bonds. The molecule has 1 N–H and O–H groups in total. The van der Waals surface area contributed by atoms with Gasteiger partial charge in [0, 0.05) is 5.41 Å². The molecule has 58 heavy (non-hydrogen) atoms. The van der Waals surface area contributed by atoms with Gasteiger partial charge in [-0.05, 0) is 181 Å². The lowest BCUT2D eigenvalue weighted by Gasteiger charge is -2.31. The molecule has 0 aromatic heterocycles. The molecule has 0 heterocycles. The number of aliphatic hydroxyl groups excluding tert-OH is 1.